The number of nitrogens with one attached hydrogen (secondary N) is 1. The lowest BCUT2D eigenvalue weighted by molar-refractivity contribution is -0.384. The average molecular weight is 367 g/mol. The van der Waals surface area contributed by atoms with Gasteiger partial charge in [-0.25, -0.2) is 13.6 Å². The zero-order chi connectivity index (χ0) is 18.4. The Morgan fingerprint density at radius 2 is 1.88 bits per heavy atom. The highest BCUT2D eigenvalue weighted by molar-refractivity contribution is 7.89. The van der Waals surface area contributed by atoms with Crippen molar-refractivity contribution in [1.29, 1.82) is 0 Å². The number of para-hydroxylation sites is 2. The van der Waals surface area contributed by atoms with E-state index in [9.17, 15) is 18.5 Å². The normalized spacial score (nSPS) is 11.0. The van der Waals surface area contributed by atoms with Crippen molar-refractivity contribution in [1.82, 2.24) is 0 Å². The van der Waals surface area contributed by atoms with E-state index in [-0.39, 0.29) is 29.4 Å². The van der Waals surface area contributed by atoms with E-state index in [0.29, 0.717) is 11.5 Å². The van der Waals surface area contributed by atoms with Crippen molar-refractivity contribution < 1.29 is 22.8 Å². The van der Waals surface area contributed by atoms with E-state index in [1.165, 1.54) is 19.2 Å². The molecule has 0 unspecified atom stereocenters. The summed E-state index contributed by atoms with van der Waals surface area (Å²) in [6.45, 7) is 0.474. The first kappa shape index (κ1) is 18.5. The third-order valence-electron chi connectivity index (χ3n) is 3.24. The molecule has 25 heavy (non-hydrogen) atoms. The number of ether oxygens (including phenoxy) is 2. The summed E-state index contributed by atoms with van der Waals surface area (Å²) < 4.78 is 33.3. The van der Waals surface area contributed by atoms with E-state index in [1.807, 2.05) is 0 Å². The molecule has 0 aliphatic rings. The van der Waals surface area contributed by atoms with Gasteiger partial charge in [-0.1, -0.05) is 12.1 Å². The average Bonchev–Trinajstić information content (AvgIpc) is 2.58. The summed E-state index contributed by atoms with van der Waals surface area (Å²) in [5, 5.41) is 18.9. The van der Waals surface area contributed by atoms with Gasteiger partial charge in [0.05, 0.1) is 16.9 Å². The molecule has 0 heterocycles. The molecule has 0 atom stereocenters. The third kappa shape index (κ3) is 4.81. The maximum absolute atomic E-state index is 11.3. The molecular weight excluding hydrogens is 350 g/mol. The molecule has 2 aromatic rings. The number of nitro benzene ring substituents is 1. The van der Waals surface area contributed by atoms with E-state index >= 15 is 0 Å². The lowest BCUT2D eigenvalue weighted by Gasteiger charge is -2.11. The second kappa shape index (κ2) is 7.81. The van der Waals surface area contributed by atoms with Gasteiger partial charge in [0.15, 0.2) is 11.5 Å². The Hall–Kier alpha value is -2.85. The summed E-state index contributed by atoms with van der Waals surface area (Å²) in [6, 6.07) is 10.5. The van der Waals surface area contributed by atoms with Crippen molar-refractivity contribution in [3.8, 4) is 11.5 Å². The van der Waals surface area contributed by atoms with Crippen LogP contribution in [-0.2, 0) is 10.0 Å². The summed E-state index contributed by atoms with van der Waals surface area (Å²) in [4.78, 5) is 10.1. The Kier molecular flexibility index (Phi) is 5.78. The SMILES string of the molecule is COc1ccccc1OCCNc1ccc(S(N)(=O)=O)cc1[N+](=O)[O-]. The summed E-state index contributed by atoms with van der Waals surface area (Å²) >= 11 is 0. The number of anilines is 1. The number of nitrogens with two attached hydrogens (primary N) is 1. The van der Waals surface area contributed by atoms with Crippen LogP contribution in [0.2, 0.25) is 0 Å². The number of hydrogen-bond acceptors (Lipinski definition) is 7. The Balaban J connectivity index is 2.04. The maximum Gasteiger partial charge on any atom is 0.293 e. The molecule has 0 amide bonds. The van der Waals surface area contributed by atoms with Gasteiger partial charge in [0.2, 0.25) is 10.0 Å². The van der Waals surface area contributed by atoms with Crippen LogP contribution in [0.5, 0.6) is 11.5 Å². The molecule has 134 valence electrons. The van der Waals surface area contributed by atoms with Crippen LogP contribution in [0.3, 0.4) is 0 Å². The number of hydrogen-bond donors (Lipinski definition) is 2. The van der Waals surface area contributed by atoms with Gasteiger partial charge in [-0.3, -0.25) is 10.1 Å². The van der Waals surface area contributed by atoms with E-state index in [1.54, 1.807) is 24.3 Å². The highest BCUT2D eigenvalue weighted by Crippen LogP contribution is 2.28. The van der Waals surface area contributed by atoms with Gasteiger partial charge in [-0.05, 0) is 24.3 Å². The molecule has 0 aliphatic carbocycles. The second-order valence-corrected chi connectivity index (χ2v) is 6.47. The maximum atomic E-state index is 11.3. The Labute approximate surface area is 144 Å². The minimum absolute atomic E-state index is 0.168. The molecule has 2 aromatic carbocycles. The van der Waals surface area contributed by atoms with Gasteiger partial charge in [-0.15, -0.1) is 0 Å². The smallest absolute Gasteiger partial charge is 0.293 e. The third-order valence-corrected chi connectivity index (χ3v) is 4.15. The number of benzene rings is 2. The van der Waals surface area contributed by atoms with Crippen molar-refractivity contribution in [2.75, 3.05) is 25.6 Å². The van der Waals surface area contributed by atoms with Crippen LogP contribution in [0.25, 0.3) is 0 Å². The van der Waals surface area contributed by atoms with Crippen molar-refractivity contribution in [3.05, 3.63) is 52.6 Å². The molecule has 0 aliphatic heterocycles. The lowest BCUT2D eigenvalue weighted by atomic mass is 10.2. The summed E-state index contributed by atoms with van der Waals surface area (Å²) in [7, 11) is -2.49. The number of sulfonamides is 1. The van der Waals surface area contributed by atoms with E-state index < -0.39 is 14.9 Å². The summed E-state index contributed by atoms with van der Waals surface area (Å²) in [5.41, 5.74) is -0.218. The molecule has 10 heteroatoms. The van der Waals surface area contributed by atoms with Crippen molar-refractivity contribution in [2.24, 2.45) is 5.14 Å². The van der Waals surface area contributed by atoms with Gasteiger partial charge in [0.25, 0.3) is 5.69 Å². The van der Waals surface area contributed by atoms with Crippen LogP contribution in [0.4, 0.5) is 11.4 Å². The van der Waals surface area contributed by atoms with Crippen LogP contribution in [0, 0.1) is 10.1 Å². The Morgan fingerprint density at radius 3 is 2.48 bits per heavy atom. The van der Waals surface area contributed by atoms with Crippen molar-refractivity contribution in [2.45, 2.75) is 4.90 Å². The van der Waals surface area contributed by atoms with Gasteiger partial charge in [-0.2, -0.15) is 0 Å². The fourth-order valence-corrected chi connectivity index (χ4v) is 2.61. The van der Waals surface area contributed by atoms with Crippen LogP contribution in [0.15, 0.2) is 47.4 Å². The first-order chi connectivity index (χ1) is 11.8. The highest BCUT2D eigenvalue weighted by Gasteiger charge is 2.18. The Bertz CT molecular complexity index is 869. The van der Waals surface area contributed by atoms with Gasteiger partial charge in [0.1, 0.15) is 12.3 Å². The molecule has 0 saturated heterocycles. The standard InChI is InChI=1S/C15H17N3O6S/c1-23-14-4-2-3-5-15(14)24-9-8-17-12-7-6-11(25(16,21)22)10-13(12)18(19)20/h2-7,10,17H,8-9H2,1H3,(H2,16,21,22). The largest absolute Gasteiger partial charge is 0.493 e. The monoisotopic (exact) mass is 367 g/mol. The summed E-state index contributed by atoms with van der Waals surface area (Å²) in [6.07, 6.45) is 0. The molecule has 0 spiro atoms. The molecular formula is C15H17N3O6S. The number of nitrogens with zero attached hydrogens (tertiary/aromatic N) is 1. The first-order valence-corrected chi connectivity index (χ1v) is 8.68. The van der Waals surface area contributed by atoms with Crippen LogP contribution in [-0.4, -0.2) is 33.6 Å². The van der Waals surface area contributed by atoms with Gasteiger partial charge < -0.3 is 14.8 Å². The number of nitro groups is 1. The first-order valence-electron chi connectivity index (χ1n) is 7.14. The zero-order valence-electron chi connectivity index (χ0n) is 13.3. The second-order valence-electron chi connectivity index (χ2n) is 4.91. The number of primary sulfonamides is 1. The minimum atomic E-state index is -4.02. The molecule has 0 aromatic heterocycles. The number of methoxy groups -OCH3 is 1. The number of rotatable bonds is 8. The van der Waals surface area contributed by atoms with Crippen LogP contribution in [0.1, 0.15) is 0 Å². The molecule has 9 nitrogen and oxygen atoms in total. The van der Waals surface area contributed by atoms with E-state index in [0.717, 1.165) is 6.07 Å². The predicted molar refractivity (Wildman–Crippen MR) is 91.4 cm³/mol. The topological polar surface area (TPSA) is 134 Å². The molecule has 0 saturated carbocycles. The molecule has 0 fully saturated rings. The van der Waals surface area contributed by atoms with Crippen molar-refractivity contribution in [3.63, 3.8) is 0 Å². The minimum Gasteiger partial charge on any atom is -0.493 e. The molecule has 0 radical (unpaired) electrons. The highest BCUT2D eigenvalue weighted by atomic mass is 32.2. The lowest BCUT2D eigenvalue weighted by Crippen LogP contribution is -2.15. The fraction of sp³-hybridized carbons (Fsp3) is 0.200. The van der Waals surface area contributed by atoms with Crippen LogP contribution >= 0.6 is 0 Å². The predicted octanol–water partition coefficient (Wildman–Crippen LogP) is 1.74. The molecule has 2 rings (SSSR count). The fourth-order valence-electron chi connectivity index (χ4n) is 2.07. The summed E-state index contributed by atoms with van der Waals surface area (Å²) in [5.74, 6) is 1.12. The molecule has 0 bridgehead atoms. The quantitative estimate of drug-likeness (QED) is 0.412. The molecule has 3 N–H and O–H groups in total. The van der Waals surface area contributed by atoms with E-state index in [2.05, 4.69) is 5.32 Å². The van der Waals surface area contributed by atoms with E-state index in [4.69, 9.17) is 14.6 Å². The van der Waals surface area contributed by atoms with Gasteiger partial charge >= 0.3 is 0 Å². The van der Waals surface area contributed by atoms with Gasteiger partial charge in [0, 0.05) is 12.6 Å². The van der Waals surface area contributed by atoms with Crippen molar-refractivity contribution >= 4 is 21.4 Å². The van der Waals surface area contributed by atoms with Crippen LogP contribution < -0.4 is 19.9 Å². The zero-order valence-corrected chi connectivity index (χ0v) is 14.2. The Morgan fingerprint density at radius 1 is 1.20 bits per heavy atom.